The molecule has 0 bridgehead atoms. The number of nitrogens with one attached hydrogen (secondary N) is 2. The number of nitrogens with zero attached hydrogens (tertiary/aromatic N) is 2. The Bertz CT molecular complexity index is 1130. The molecule has 0 aliphatic rings. The SMILES string of the molecule is CCOc1ccc(NC(=O)N(C)c2nc(C)c(S(=O)(=O)NCc3ccccc3)s2)cc1. The average molecular weight is 461 g/mol. The van der Waals surface area contributed by atoms with Gasteiger partial charge >= 0.3 is 6.03 Å². The van der Waals surface area contributed by atoms with Crippen molar-refractivity contribution in [2.75, 3.05) is 23.9 Å². The third-order valence-electron chi connectivity index (χ3n) is 4.30. The lowest BCUT2D eigenvalue weighted by atomic mass is 10.2. The van der Waals surface area contributed by atoms with Crippen LogP contribution < -0.4 is 19.7 Å². The van der Waals surface area contributed by atoms with Gasteiger partial charge < -0.3 is 10.1 Å². The van der Waals surface area contributed by atoms with Crippen LogP contribution >= 0.6 is 11.3 Å². The normalized spacial score (nSPS) is 11.2. The van der Waals surface area contributed by atoms with Crippen LogP contribution in [0, 0.1) is 6.92 Å². The van der Waals surface area contributed by atoms with Gasteiger partial charge in [-0.3, -0.25) is 4.90 Å². The summed E-state index contributed by atoms with van der Waals surface area (Å²) < 4.78 is 33.5. The molecule has 0 spiro atoms. The van der Waals surface area contributed by atoms with Crippen molar-refractivity contribution in [3.05, 3.63) is 65.9 Å². The molecule has 2 amide bonds. The highest BCUT2D eigenvalue weighted by Gasteiger charge is 2.24. The number of anilines is 2. The van der Waals surface area contributed by atoms with E-state index in [9.17, 15) is 13.2 Å². The van der Waals surface area contributed by atoms with Crippen molar-refractivity contribution in [2.45, 2.75) is 24.6 Å². The molecule has 164 valence electrons. The van der Waals surface area contributed by atoms with Crippen LogP contribution in [0.4, 0.5) is 15.6 Å². The quantitative estimate of drug-likeness (QED) is 0.529. The minimum atomic E-state index is -3.76. The second-order valence-corrected chi connectivity index (χ2v) is 9.57. The number of sulfonamides is 1. The molecule has 0 saturated heterocycles. The van der Waals surface area contributed by atoms with Crippen LogP contribution in [0.2, 0.25) is 0 Å². The van der Waals surface area contributed by atoms with E-state index in [1.165, 1.54) is 11.9 Å². The lowest BCUT2D eigenvalue weighted by molar-refractivity contribution is 0.258. The standard InChI is InChI=1S/C21H24N4O4S2/c1-4-29-18-12-10-17(11-13-18)24-20(26)25(3)21-23-15(2)19(30-21)31(27,28)22-14-16-8-6-5-7-9-16/h5-13,22H,4,14H2,1-3H3,(H,24,26). The molecule has 31 heavy (non-hydrogen) atoms. The Morgan fingerprint density at radius 2 is 1.81 bits per heavy atom. The Kier molecular flexibility index (Phi) is 7.26. The van der Waals surface area contributed by atoms with E-state index in [1.807, 2.05) is 37.3 Å². The minimum Gasteiger partial charge on any atom is -0.494 e. The number of hydrogen-bond donors (Lipinski definition) is 2. The van der Waals surface area contributed by atoms with Gasteiger partial charge in [0.25, 0.3) is 10.0 Å². The lowest BCUT2D eigenvalue weighted by Gasteiger charge is -2.15. The largest absolute Gasteiger partial charge is 0.494 e. The molecule has 2 N–H and O–H groups in total. The van der Waals surface area contributed by atoms with Gasteiger partial charge in [0.1, 0.15) is 5.75 Å². The molecule has 8 nitrogen and oxygen atoms in total. The molecule has 0 saturated carbocycles. The zero-order valence-electron chi connectivity index (χ0n) is 17.5. The smallest absolute Gasteiger partial charge is 0.327 e. The maximum Gasteiger partial charge on any atom is 0.327 e. The molecule has 10 heteroatoms. The van der Waals surface area contributed by atoms with Crippen LogP contribution in [0.5, 0.6) is 5.75 Å². The zero-order chi connectivity index (χ0) is 22.4. The van der Waals surface area contributed by atoms with Crippen molar-refractivity contribution in [3.8, 4) is 5.75 Å². The molecule has 0 fully saturated rings. The van der Waals surface area contributed by atoms with E-state index < -0.39 is 16.1 Å². The Hall–Kier alpha value is -2.95. The molecular weight excluding hydrogens is 436 g/mol. The number of aromatic nitrogens is 1. The Balaban J connectivity index is 1.69. The highest BCUT2D eigenvalue weighted by molar-refractivity contribution is 7.91. The van der Waals surface area contributed by atoms with Crippen molar-refractivity contribution < 1.29 is 17.9 Å². The first-order valence-electron chi connectivity index (χ1n) is 9.58. The van der Waals surface area contributed by atoms with Gasteiger partial charge in [0, 0.05) is 19.3 Å². The second kappa shape index (κ2) is 9.90. The fourth-order valence-corrected chi connectivity index (χ4v) is 5.22. The monoisotopic (exact) mass is 460 g/mol. The molecule has 1 aromatic heterocycles. The third kappa shape index (κ3) is 5.81. The summed E-state index contributed by atoms with van der Waals surface area (Å²) in [6, 6.07) is 15.8. The van der Waals surface area contributed by atoms with E-state index in [4.69, 9.17) is 4.74 Å². The minimum absolute atomic E-state index is 0.0825. The van der Waals surface area contributed by atoms with Gasteiger partial charge in [-0.15, -0.1) is 0 Å². The predicted octanol–water partition coefficient (Wildman–Crippen LogP) is 4.00. The first-order chi connectivity index (χ1) is 14.8. The van der Waals surface area contributed by atoms with E-state index in [0.717, 1.165) is 16.9 Å². The highest BCUT2D eigenvalue weighted by Crippen LogP contribution is 2.29. The summed E-state index contributed by atoms with van der Waals surface area (Å²) in [5.74, 6) is 0.710. The van der Waals surface area contributed by atoms with E-state index in [-0.39, 0.29) is 15.9 Å². The molecule has 3 rings (SSSR count). The number of amides is 2. The Morgan fingerprint density at radius 3 is 2.45 bits per heavy atom. The van der Waals surface area contributed by atoms with Crippen molar-refractivity contribution in [3.63, 3.8) is 0 Å². The van der Waals surface area contributed by atoms with E-state index in [2.05, 4.69) is 15.0 Å². The lowest BCUT2D eigenvalue weighted by Crippen LogP contribution is -2.31. The maximum absolute atomic E-state index is 12.7. The van der Waals surface area contributed by atoms with Gasteiger partial charge in [-0.25, -0.2) is 22.9 Å². The van der Waals surface area contributed by atoms with Gasteiger partial charge in [0.15, 0.2) is 9.34 Å². The van der Waals surface area contributed by atoms with Gasteiger partial charge in [-0.05, 0) is 43.7 Å². The highest BCUT2D eigenvalue weighted by atomic mass is 32.2. The third-order valence-corrected chi connectivity index (χ3v) is 7.55. The van der Waals surface area contributed by atoms with Crippen molar-refractivity contribution in [2.24, 2.45) is 0 Å². The van der Waals surface area contributed by atoms with E-state index in [0.29, 0.717) is 23.7 Å². The second-order valence-electron chi connectivity index (χ2n) is 6.63. The molecule has 0 aliphatic carbocycles. The molecule has 0 aliphatic heterocycles. The van der Waals surface area contributed by atoms with Crippen LogP contribution in [0.15, 0.2) is 58.8 Å². The summed E-state index contributed by atoms with van der Waals surface area (Å²) in [6.45, 7) is 4.23. The fraction of sp³-hybridized carbons (Fsp3) is 0.238. The number of rotatable bonds is 8. The van der Waals surface area contributed by atoms with Gasteiger partial charge in [0.05, 0.1) is 12.3 Å². The Morgan fingerprint density at radius 1 is 1.13 bits per heavy atom. The number of aryl methyl sites for hydroxylation is 1. The van der Waals surface area contributed by atoms with Crippen LogP contribution in [0.1, 0.15) is 18.2 Å². The van der Waals surface area contributed by atoms with Gasteiger partial charge in [-0.1, -0.05) is 41.7 Å². The summed E-state index contributed by atoms with van der Waals surface area (Å²) in [5.41, 5.74) is 1.77. The van der Waals surface area contributed by atoms with Gasteiger partial charge in [-0.2, -0.15) is 0 Å². The number of carbonyl (C=O) groups is 1. The number of hydrogen-bond acceptors (Lipinski definition) is 6. The number of thiazole rings is 1. The van der Waals surface area contributed by atoms with Crippen LogP contribution in [-0.2, 0) is 16.6 Å². The molecule has 0 unspecified atom stereocenters. The summed E-state index contributed by atoms with van der Waals surface area (Å²) in [4.78, 5) is 18.1. The molecule has 2 aromatic carbocycles. The number of carbonyl (C=O) groups excluding carboxylic acids is 1. The fourth-order valence-electron chi connectivity index (χ4n) is 2.70. The predicted molar refractivity (Wildman–Crippen MR) is 122 cm³/mol. The first kappa shape index (κ1) is 22.7. The summed E-state index contributed by atoms with van der Waals surface area (Å²) in [5, 5.41) is 3.04. The molecule has 0 atom stereocenters. The molecular formula is C21H24N4O4S2. The number of benzene rings is 2. The summed E-state index contributed by atoms with van der Waals surface area (Å²) in [6.07, 6.45) is 0. The Labute approximate surface area is 185 Å². The number of urea groups is 1. The maximum atomic E-state index is 12.7. The summed E-state index contributed by atoms with van der Waals surface area (Å²) in [7, 11) is -2.23. The van der Waals surface area contributed by atoms with E-state index in [1.54, 1.807) is 31.2 Å². The van der Waals surface area contributed by atoms with E-state index >= 15 is 0 Å². The van der Waals surface area contributed by atoms with Crippen LogP contribution in [0.25, 0.3) is 0 Å². The first-order valence-corrected chi connectivity index (χ1v) is 11.9. The topological polar surface area (TPSA) is 101 Å². The van der Waals surface area contributed by atoms with Crippen LogP contribution in [-0.4, -0.2) is 33.1 Å². The average Bonchev–Trinajstić information content (AvgIpc) is 3.16. The van der Waals surface area contributed by atoms with Gasteiger partial charge in [0.2, 0.25) is 0 Å². The van der Waals surface area contributed by atoms with Crippen molar-refractivity contribution in [1.29, 1.82) is 0 Å². The van der Waals surface area contributed by atoms with Crippen molar-refractivity contribution >= 4 is 38.2 Å². The number of ether oxygens (including phenoxy) is 1. The summed E-state index contributed by atoms with van der Waals surface area (Å²) >= 11 is 0.941. The molecule has 1 heterocycles. The zero-order valence-corrected chi connectivity index (χ0v) is 19.1. The molecule has 0 radical (unpaired) electrons. The van der Waals surface area contributed by atoms with Crippen LogP contribution in [0.3, 0.4) is 0 Å². The van der Waals surface area contributed by atoms with Crippen molar-refractivity contribution in [1.82, 2.24) is 9.71 Å². The molecule has 3 aromatic rings.